The summed E-state index contributed by atoms with van der Waals surface area (Å²) in [6.07, 6.45) is 5.12. The number of ketones is 1. The summed E-state index contributed by atoms with van der Waals surface area (Å²) in [5.74, 6) is 2.56. The van der Waals surface area contributed by atoms with Gasteiger partial charge in [0.2, 0.25) is 0 Å². The van der Waals surface area contributed by atoms with Gasteiger partial charge in [-0.3, -0.25) is 4.79 Å². The highest BCUT2D eigenvalue weighted by Crippen LogP contribution is 2.37. The molecule has 0 amide bonds. The number of carbonyl (C=O) groups is 1. The maximum absolute atomic E-state index is 12.9. The van der Waals surface area contributed by atoms with Crippen LogP contribution in [-0.4, -0.2) is 34.2 Å². The summed E-state index contributed by atoms with van der Waals surface area (Å²) in [6, 6.07) is 11.2. The summed E-state index contributed by atoms with van der Waals surface area (Å²) in [5, 5.41) is 0. The average Bonchev–Trinajstić information content (AvgIpc) is 3.06. The van der Waals surface area contributed by atoms with E-state index in [-0.39, 0.29) is 5.78 Å². The lowest BCUT2D eigenvalue weighted by Crippen LogP contribution is -1.98. The van der Waals surface area contributed by atoms with Crippen molar-refractivity contribution in [1.82, 2.24) is 0 Å². The summed E-state index contributed by atoms with van der Waals surface area (Å²) in [7, 11) is 6.38. The SMILES string of the molecule is COc1cccc(/C=C2\CC/C(=C\c3cccc(OC)c3OC)C2=O)c1OC. The van der Waals surface area contributed by atoms with Crippen LogP contribution >= 0.6 is 0 Å². The summed E-state index contributed by atoms with van der Waals surface area (Å²) in [5.41, 5.74) is 3.15. The lowest BCUT2D eigenvalue weighted by Gasteiger charge is -2.11. The van der Waals surface area contributed by atoms with Gasteiger partial charge in [0.15, 0.2) is 28.8 Å². The highest BCUT2D eigenvalue weighted by molar-refractivity contribution is 6.15. The van der Waals surface area contributed by atoms with E-state index in [1.807, 2.05) is 48.6 Å². The molecule has 0 N–H and O–H groups in total. The van der Waals surface area contributed by atoms with Crippen molar-refractivity contribution >= 4 is 17.9 Å². The number of benzene rings is 2. The molecule has 0 aromatic heterocycles. The molecule has 0 atom stereocenters. The molecular weight excluding hydrogens is 356 g/mol. The molecule has 0 spiro atoms. The van der Waals surface area contributed by atoms with Crippen LogP contribution in [0.4, 0.5) is 0 Å². The van der Waals surface area contributed by atoms with Crippen LogP contribution < -0.4 is 18.9 Å². The van der Waals surface area contributed by atoms with Gasteiger partial charge in [0.25, 0.3) is 0 Å². The first-order chi connectivity index (χ1) is 13.6. The number of ether oxygens (including phenoxy) is 4. The summed E-state index contributed by atoms with van der Waals surface area (Å²) < 4.78 is 21.6. The molecule has 1 aliphatic carbocycles. The highest BCUT2D eigenvalue weighted by atomic mass is 16.5. The predicted molar refractivity (Wildman–Crippen MR) is 109 cm³/mol. The van der Waals surface area contributed by atoms with Crippen molar-refractivity contribution in [3.8, 4) is 23.0 Å². The first kappa shape index (κ1) is 19.5. The number of para-hydroxylation sites is 2. The molecule has 2 aromatic carbocycles. The van der Waals surface area contributed by atoms with Gasteiger partial charge in [-0.05, 0) is 37.1 Å². The number of hydrogen-bond donors (Lipinski definition) is 0. The molecule has 0 heterocycles. The quantitative estimate of drug-likeness (QED) is 0.688. The van der Waals surface area contributed by atoms with Crippen LogP contribution in [0.25, 0.3) is 12.2 Å². The minimum Gasteiger partial charge on any atom is -0.493 e. The minimum absolute atomic E-state index is 0.0368. The Morgan fingerprint density at radius 2 is 1.11 bits per heavy atom. The molecule has 0 aliphatic heterocycles. The summed E-state index contributed by atoms with van der Waals surface area (Å²) >= 11 is 0. The van der Waals surface area contributed by atoms with Crippen molar-refractivity contribution in [3.63, 3.8) is 0 Å². The molecule has 5 heteroatoms. The van der Waals surface area contributed by atoms with Crippen molar-refractivity contribution in [1.29, 1.82) is 0 Å². The van der Waals surface area contributed by atoms with E-state index in [1.165, 1.54) is 0 Å². The Morgan fingerprint density at radius 1 is 0.679 bits per heavy atom. The standard InChI is InChI=1S/C23H24O5/c1-25-19-9-5-7-17(22(19)27-3)13-15-11-12-16(21(15)24)14-18-8-6-10-20(26-2)23(18)28-4/h5-10,13-14H,11-12H2,1-4H3/b15-13+,16-14+. The van der Waals surface area contributed by atoms with E-state index in [0.29, 0.717) is 35.8 Å². The Hall–Kier alpha value is -3.21. The number of hydrogen-bond acceptors (Lipinski definition) is 5. The maximum Gasteiger partial charge on any atom is 0.185 e. The topological polar surface area (TPSA) is 54.0 Å². The van der Waals surface area contributed by atoms with Gasteiger partial charge in [-0.25, -0.2) is 0 Å². The van der Waals surface area contributed by atoms with Gasteiger partial charge in [0.1, 0.15) is 0 Å². The molecule has 146 valence electrons. The molecule has 2 aromatic rings. The Balaban J connectivity index is 1.95. The summed E-state index contributed by atoms with van der Waals surface area (Å²) in [6.45, 7) is 0. The fourth-order valence-corrected chi connectivity index (χ4v) is 3.40. The number of carbonyl (C=O) groups excluding carboxylic acids is 1. The number of allylic oxidation sites excluding steroid dienone is 2. The molecule has 5 nitrogen and oxygen atoms in total. The molecule has 0 unspecified atom stereocenters. The lowest BCUT2D eigenvalue weighted by molar-refractivity contribution is -0.111. The van der Waals surface area contributed by atoms with E-state index in [1.54, 1.807) is 28.4 Å². The molecule has 3 rings (SSSR count). The van der Waals surface area contributed by atoms with E-state index in [0.717, 1.165) is 22.3 Å². The van der Waals surface area contributed by atoms with E-state index in [2.05, 4.69) is 0 Å². The van der Waals surface area contributed by atoms with Crippen LogP contribution in [0.15, 0.2) is 47.5 Å². The van der Waals surface area contributed by atoms with E-state index in [4.69, 9.17) is 18.9 Å². The van der Waals surface area contributed by atoms with Gasteiger partial charge < -0.3 is 18.9 Å². The normalized spacial score (nSPS) is 16.5. The predicted octanol–water partition coefficient (Wildman–Crippen LogP) is 4.55. The molecule has 28 heavy (non-hydrogen) atoms. The summed E-state index contributed by atoms with van der Waals surface area (Å²) in [4.78, 5) is 12.9. The zero-order valence-corrected chi connectivity index (χ0v) is 16.6. The molecule has 0 saturated heterocycles. The lowest BCUT2D eigenvalue weighted by atomic mass is 10.1. The van der Waals surface area contributed by atoms with Gasteiger partial charge >= 0.3 is 0 Å². The van der Waals surface area contributed by atoms with E-state index < -0.39 is 0 Å². The zero-order valence-electron chi connectivity index (χ0n) is 16.6. The Bertz CT molecular complexity index is 865. The smallest absolute Gasteiger partial charge is 0.185 e. The zero-order chi connectivity index (χ0) is 20.1. The molecule has 1 fully saturated rings. The number of methoxy groups -OCH3 is 4. The van der Waals surface area contributed by atoms with Crippen molar-refractivity contribution in [3.05, 3.63) is 58.7 Å². The fraction of sp³-hybridized carbons (Fsp3) is 0.261. The van der Waals surface area contributed by atoms with Crippen molar-refractivity contribution in [2.75, 3.05) is 28.4 Å². The Morgan fingerprint density at radius 3 is 1.46 bits per heavy atom. The second-order valence-corrected chi connectivity index (χ2v) is 6.33. The average molecular weight is 380 g/mol. The van der Waals surface area contributed by atoms with Crippen LogP contribution in [0.2, 0.25) is 0 Å². The van der Waals surface area contributed by atoms with Crippen LogP contribution in [-0.2, 0) is 4.79 Å². The van der Waals surface area contributed by atoms with Gasteiger partial charge in [-0.15, -0.1) is 0 Å². The molecular formula is C23H24O5. The van der Waals surface area contributed by atoms with Crippen molar-refractivity contribution in [2.24, 2.45) is 0 Å². The number of rotatable bonds is 6. The van der Waals surface area contributed by atoms with Gasteiger partial charge in [-0.1, -0.05) is 24.3 Å². The highest BCUT2D eigenvalue weighted by Gasteiger charge is 2.24. The fourth-order valence-electron chi connectivity index (χ4n) is 3.40. The van der Waals surface area contributed by atoms with Crippen LogP contribution in [0.5, 0.6) is 23.0 Å². The third kappa shape index (κ3) is 3.74. The monoisotopic (exact) mass is 380 g/mol. The van der Waals surface area contributed by atoms with Crippen LogP contribution in [0, 0.1) is 0 Å². The maximum atomic E-state index is 12.9. The Labute approximate surface area is 165 Å². The van der Waals surface area contributed by atoms with E-state index >= 15 is 0 Å². The second-order valence-electron chi connectivity index (χ2n) is 6.33. The Kier molecular flexibility index (Phi) is 6.04. The van der Waals surface area contributed by atoms with Crippen LogP contribution in [0.3, 0.4) is 0 Å². The van der Waals surface area contributed by atoms with Crippen LogP contribution in [0.1, 0.15) is 24.0 Å². The van der Waals surface area contributed by atoms with Gasteiger partial charge in [0, 0.05) is 22.3 Å². The van der Waals surface area contributed by atoms with Crippen molar-refractivity contribution in [2.45, 2.75) is 12.8 Å². The van der Waals surface area contributed by atoms with Gasteiger partial charge in [-0.2, -0.15) is 0 Å². The van der Waals surface area contributed by atoms with E-state index in [9.17, 15) is 4.79 Å². The first-order valence-electron chi connectivity index (χ1n) is 9.00. The molecule has 0 radical (unpaired) electrons. The second kappa shape index (κ2) is 8.65. The molecule has 1 saturated carbocycles. The third-order valence-electron chi connectivity index (χ3n) is 4.77. The van der Waals surface area contributed by atoms with Gasteiger partial charge in [0.05, 0.1) is 28.4 Å². The minimum atomic E-state index is 0.0368. The number of Topliss-reactive ketones (excluding diaryl/α,β-unsaturated/α-hetero) is 1. The van der Waals surface area contributed by atoms with Crippen molar-refractivity contribution < 1.29 is 23.7 Å². The third-order valence-corrected chi connectivity index (χ3v) is 4.77. The first-order valence-corrected chi connectivity index (χ1v) is 9.00. The molecule has 0 bridgehead atoms. The molecule has 1 aliphatic rings. The largest absolute Gasteiger partial charge is 0.493 e.